The van der Waals surface area contributed by atoms with Crippen molar-refractivity contribution in [1.82, 2.24) is 14.1 Å². The molecule has 0 aliphatic heterocycles. The van der Waals surface area contributed by atoms with Gasteiger partial charge in [0, 0.05) is 33.9 Å². The minimum absolute atomic E-state index is 0.328. The van der Waals surface area contributed by atoms with Crippen LogP contribution in [0.15, 0.2) is 52.2 Å². The molecule has 23 heavy (non-hydrogen) atoms. The second-order valence-corrected chi connectivity index (χ2v) is 5.58. The predicted molar refractivity (Wildman–Crippen MR) is 90.8 cm³/mol. The van der Waals surface area contributed by atoms with Crippen LogP contribution in [0, 0.1) is 0 Å². The van der Waals surface area contributed by atoms with Gasteiger partial charge in [-0.05, 0) is 11.6 Å². The number of rotatable bonds is 3. The van der Waals surface area contributed by atoms with Crippen LogP contribution in [0.2, 0.25) is 0 Å². The molecule has 0 N–H and O–H groups in total. The number of anilines is 1. The number of hydrogen-bond donors (Lipinski definition) is 0. The van der Waals surface area contributed by atoms with E-state index in [9.17, 15) is 9.59 Å². The van der Waals surface area contributed by atoms with Gasteiger partial charge in [-0.15, -0.1) is 0 Å². The maximum absolute atomic E-state index is 12.6. The summed E-state index contributed by atoms with van der Waals surface area (Å²) in [5.74, 6) is 0. The molecule has 0 bridgehead atoms. The Labute approximate surface area is 133 Å². The van der Waals surface area contributed by atoms with E-state index in [1.54, 1.807) is 19.3 Å². The summed E-state index contributed by atoms with van der Waals surface area (Å²) in [6.45, 7) is 0.659. The molecule has 1 aromatic carbocycles. The second kappa shape index (κ2) is 5.72. The van der Waals surface area contributed by atoms with Gasteiger partial charge in [0.1, 0.15) is 5.39 Å². The lowest BCUT2D eigenvalue weighted by molar-refractivity contribution is 0.707. The van der Waals surface area contributed by atoms with Crippen LogP contribution in [0.5, 0.6) is 0 Å². The maximum Gasteiger partial charge on any atom is 0.332 e. The van der Waals surface area contributed by atoms with Crippen molar-refractivity contribution in [3.8, 4) is 0 Å². The smallest absolute Gasteiger partial charge is 0.332 e. The topological polar surface area (TPSA) is 60.1 Å². The normalized spacial score (nSPS) is 10.9. The molecule has 2 aromatic heterocycles. The first-order chi connectivity index (χ1) is 11.0. The highest BCUT2D eigenvalue weighted by Gasteiger charge is 2.15. The first-order valence-corrected chi connectivity index (χ1v) is 7.30. The van der Waals surface area contributed by atoms with Gasteiger partial charge in [0.25, 0.3) is 5.56 Å². The molecule has 0 saturated heterocycles. The van der Waals surface area contributed by atoms with Crippen molar-refractivity contribution in [3.05, 3.63) is 69.0 Å². The minimum Gasteiger partial charge on any atom is -0.369 e. The highest BCUT2D eigenvalue weighted by atomic mass is 16.2. The van der Waals surface area contributed by atoms with Crippen LogP contribution >= 0.6 is 0 Å². The third-order valence-corrected chi connectivity index (χ3v) is 3.99. The molecule has 0 radical (unpaired) electrons. The zero-order chi connectivity index (χ0) is 16.6. The Morgan fingerprint density at radius 1 is 1.04 bits per heavy atom. The Bertz CT molecular complexity index is 974. The molecule has 0 fully saturated rings. The summed E-state index contributed by atoms with van der Waals surface area (Å²) in [4.78, 5) is 30.8. The molecule has 6 nitrogen and oxygen atoms in total. The fraction of sp³-hybridized carbons (Fsp3) is 0.235. The van der Waals surface area contributed by atoms with Gasteiger partial charge < -0.3 is 4.90 Å². The minimum atomic E-state index is -0.377. The van der Waals surface area contributed by atoms with E-state index in [0.717, 1.165) is 15.8 Å². The molecule has 3 aromatic rings. The standard InChI is InChI=1S/C17H18N4O2/c1-19(11-12-7-5-4-6-8-12)13-9-10-18-15-14(13)16(22)21(3)17(23)20(15)2/h4-10H,11H2,1-3H3. The molecule has 0 amide bonds. The van der Waals surface area contributed by atoms with Gasteiger partial charge in [0.05, 0.1) is 5.69 Å². The van der Waals surface area contributed by atoms with Crippen molar-refractivity contribution < 1.29 is 0 Å². The van der Waals surface area contributed by atoms with E-state index >= 15 is 0 Å². The lowest BCUT2D eigenvalue weighted by atomic mass is 10.2. The number of nitrogens with zero attached hydrogens (tertiary/aromatic N) is 4. The van der Waals surface area contributed by atoms with Crippen LogP contribution in [0.25, 0.3) is 11.0 Å². The van der Waals surface area contributed by atoms with Gasteiger partial charge in [-0.25, -0.2) is 9.78 Å². The lowest BCUT2D eigenvalue weighted by Gasteiger charge is -2.21. The van der Waals surface area contributed by atoms with E-state index in [1.165, 1.54) is 11.6 Å². The monoisotopic (exact) mass is 310 g/mol. The van der Waals surface area contributed by atoms with E-state index in [0.29, 0.717) is 17.6 Å². The Hall–Kier alpha value is -2.89. The lowest BCUT2D eigenvalue weighted by Crippen LogP contribution is -2.38. The molecule has 6 heteroatoms. The maximum atomic E-state index is 12.6. The highest BCUT2D eigenvalue weighted by molar-refractivity contribution is 5.88. The summed E-state index contributed by atoms with van der Waals surface area (Å²) in [5.41, 5.74) is 1.59. The Kier molecular flexibility index (Phi) is 3.73. The van der Waals surface area contributed by atoms with Crippen LogP contribution in [-0.2, 0) is 20.6 Å². The summed E-state index contributed by atoms with van der Waals surface area (Å²) < 4.78 is 2.51. The molecule has 0 saturated carbocycles. The van der Waals surface area contributed by atoms with Gasteiger partial charge in [0.15, 0.2) is 5.65 Å². The van der Waals surface area contributed by atoms with Gasteiger partial charge in [0.2, 0.25) is 0 Å². The molecule has 118 valence electrons. The highest BCUT2D eigenvalue weighted by Crippen LogP contribution is 2.21. The van der Waals surface area contributed by atoms with Crippen LogP contribution < -0.4 is 16.1 Å². The Morgan fingerprint density at radius 2 is 1.74 bits per heavy atom. The van der Waals surface area contributed by atoms with Crippen LogP contribution in [-0.4, -0.2) is 21.2 Å². The molecule has 3 rings (SSSR count). The van der Waals surface area contributed by atoms with E-state index in [1.807, 2.05) is 42.3 Å². The molecule has 0 unspecified atom stereocenters. The molecular formula is C17H18N4O2. The summed E-state index contributed by atoms with van der Waals surface area (Å²) in [5, 5.41) is 0.454. The van der Waals surface area contributed by atoms with Crippen molar-refractivity contribution in [2.75, 3.05) is 11.9 Å². The number of aromatic nitrogens is 3. The number of benzene rings is 1. The first kappa shape index (κ1) is 15.0. The quantitative estimate of drug-likeness (QED) is 0.731. The second-order valence-electron chi connectivity index (χ2n) is 5.58. The van der Waals surface area contributed by atoms with Crippen molar-refractivity contribution in [1.29, 1.82) is 0 Å². The molecule has 2 heterocycles. The molecule has 0 aliphatic carbocycles. The van der Waals surface area contributed by atoms with Crippen molar-refractivity contribution in [2.45, 2.75) is 6.54 Å². The molecule has 0 aliphatic rings. The van der Waals surface area contributed by atoms with E-state index in [-0.39, 0.29) is 11.2 Å². The van der Waals surface area contributed by atoms with Gasteiger partial charge in [-0.2, -0.15) is 0 Å². The van der Waals surface area contributed by atoms with Crippen molar-refractivity contribution >= 4 is 16.7 Å². The van der Waals surface area contributed by atoms with Crippen molar-refractivity contribution in [2.24, 2.45) is 14.1 Å². The van der Waals surface area contributed by atoms with Crippen LogP contribution in [0.3, 0.4) is 0 Å². The Balaban J connectivity index is 2.19. The Morgan fingerprint density at radius 3 is 2.43 bits per heavy atom. The number of aryl methyl sites for hydroxylation is 1. The van der Waals surface area contributed by atoms with Gasteiger partial charge >= 0.3 is 5.69 Å². The fourth-order valence-electron chi connectivity index (χ4n) is 2.73. The van der Waals surface area contributed by atoms with Gasteiger partial charge in [-0.1, -0.05) is 30.3 Å². The zero-order valence-electron chi connectivity index (χ0n) is 13.4. The average molecular weight is 310 g/mol. The third-order valence-electron chi connectivity index (χ3n) is 3.99. The van der Waals surface area contributed by atoms with Crippen molar-refractivity contribution in [3.63, 3.8) is 0 Å². The molecular weight excluding hydrogens is 292 g/mol. The molecule has 0 spiro atoms. The summed E-state index contributed by atoms with van der Waals surface area (Å²) in [6, 6.07) is 11.8. The average Bonchev–Trinajstić information content (AvgIpc) is 2.58. The summed E-state index contributed by atoms with van der Waals surface area (Å²) in [7, 11) is 5.03. The van der Waals surface area contributed by atoms with Crippen LogP contribution in [0.1, 0.15) is 5.56 Å². The van der Waals surface area contributed by atoms with E-state index in [4.69, 9.17) is 0 Å². The van der Waals surface area contributed by atoms with Gasteiger partial charge in [-0.3, -0.25) is 13.9 Å². The third kappa shape index (κ3) is 2.52. The number of fused-ring (bicyclic) bond motifs is 1. The van der Waals surface area contributed by atoms with E-state index < -0.39 is 0 Å². The predicted octanol–water partition coefficient (Wildman–Crippen LogP) is 1.27. The first-order valence-electron chi connectivity index (χ1n) is 7.30. The summed E-state index contributed by atoms with van der Waals surface area (Å²) in [6.07, 6.45) is 1.62. The fourth-order valence-corrected chi connectivity index (χ4v) is 2.73. The number of hydrogen-bond acceptors (Lipinski definition) is 4. The SMILES string of the molecule is CN(Cc1ccccc1)c1ccnc2c1c(=O)n(C)c(=O)n2C. The number of pyridine rings is 1. The van der Waals surface area contributed by atoms with Crippen LogP contribution in [0.4, 0.5) is 5.69 Å². The largest absolute Gasteiger partial charge is 0.369 e. The molecule has 0 atom stereocenters. The summed E-state index contributed by atoms with van der Waals surface area (Å²) >= 11 is 0. The van der Waals surface area contributed by atoms with E-state index in [2.05, 4.69) is 4.98 Å². The zero-order valence-corrected chi connectivity index (χ0v) is 13.4.